The van der Waals surface area contributed by atoms with Crippen LogP contribution < -0.4 is 15.1 Å². The monoisotopic (exact) mass is 332 g/mol. The quantitative estimate of drug-likeness (QED) is 0.835. The number of hydrogen-bond donors (Lipinski definition) is 1. The molecule has 1 fully saturated rings. The number of hydrogen-bond acceptors (Lipinski definition) is 8. The molecule has 0 aliphatic carbocycles. The van der Waals surface area contributed by atoms with Crippen molar-refractivity contribution in [2.75, 3.05) is 50.2 Å². The van der Waals surface area contributed by atoms with Crippen LogP contribution in [0, 0.1) is 0 Å². The average molecular weight is 332 g/mol. The molecular weight excluding hydrogens is 312 g/mol. The Hall–Kier alpha value is -2.68. The Morgan fingerprint density at radius 3 is 2.75 bits per heavy atom. The van der Waals surface area contributed by atoms with Crippen molar-refractivity contribution in [2.45, 2.75) is 6.54 Å². The van der Waals surface area contributed by atoms with Crippen molar-refractivity contribution in [2.24, 2.45) is 0 Å². The number of furan rings is 1. The van der Waals surface area contributed by atoms with Gasteiger partial charge in [-0.2, -0.15) is 15.0 Å². The second-order valence-corrected chi connectivity index (χ2v) is 5.54. The van der Waals surface area contributed by atoms with E-state index in [0.717, 1.165) is 13.1 Å². The lowest BCUT2D eigenvalue weighted by Gasteiger charge is -2.27. The zero-order valence-corrected chi connectivity index (χ0v) is 13.7. The van der Waals surface area contributed by atoms with Crippen molar-refractivity contribution in [3.63, 3.8) is 0 Å². The van der Waals surface area contributed by atoms with E-state index >= 15 is 0 Å². The lowest BCUT2D eigenvalue weighted by Crippen LogP contribution is -2.38. The van der Waals surface area contributed by atoms with Crippen molar-refractivity contribution < 1.29 is 13.9 Å². The maximum atomic E-state index is 12.0. The second kappa shape index (κ2) is 7.26. The molecule has 3 rings (SSSR count). The van der Waals surface area contributed by atoms with Crippen LogP contribution in [0.5, 0.6) is 0 Å². The van der Waals surface area contributed by atoms with Crippen LogP contribution in [0.4, 0.5) is 11.9 Å². The van der Waals surface area contributed by atoms with Gasteiger partial charge < -0.3 is 24.3 Å². The van der Waals surface area contributed by atoms with Crippen LogP contribution in [-0.4, -0.2) is 61.3 Å². The molecule has 0 aromatic carbocycles. The van der Waals surface area contributed by atoms with Gasteiger partial charge in [-0.3, -0.25) is 4.79 Å². The third-order valence-electron chi connectivity index (χ3n) is 3.54. The number of carbonyl (C=O) groups excluding carboxylic acids is 1. The van der Waals surface area contributed by atoms with Gasteiger partial charge in [0.15, 0.2) is 5.82 Å². The standard InChI is InChI=1S/C15H20N6O3/c1-20(2)14-17-12(9-16-13(22)11-3-6-24-10-11)18-15(19-14)21-4-7-23-8-5-21/h3,6,10H,4-5,7-9H2,1-2H3,(H,16,22). The summed E-state index contributed by atoms with van der Waals surface area (Å²) >= 11 is 0. The first kappa shape index (κ1) is 16.2. The highest BCUT2D eigenvalue weighted by atomic mass is 16.5. The molecule has 1 N–H and O–H groups in total. The molecule has 2 aromatic heterocycles. The Bertz CT molecular complexity index is 683. The van der Waals surface area contributed by atoms with Gasteiger partial charge in [-0.25, -0.2) is 0 Å². The van der Waals surface area contributed by atoms with E-state index in [1.807, 2.05) is 19.0 Å². The van der Waals surface area contributed by atoms with E-state index in [1.54, 1.807) is 6.07 Å². The summed E-state index contributed by atoms with van der Waals surface area (Å²) in [4.78, 5) is 29.2. The molecule has 1 aliphatic rings. The summed E-state index contributed by atoms with van der Waals surface area (Å²) < 4.78 is 10.3. The second-order valence-electron chi connectivity index (χ2n) is 5.54. The molecule has 1 saturated heterocycles. The van der Waals surface area contributed by atoms with Crippen LogP contribution in [0.1, 0.15) is 16.2 Å². The van der Waals surface area contributed by atoms with E-state index in [0.29, 0.717) is 36.5 Å². The molecule has 0 atom stereocenters. The van der Waals surface area contributed by atoms with Crippen LogP contribution in [0.15, 0.2) is 23.0 Å². The first-order valence-electron chi connectivity index (χ1n) is 7.69. The van der Waals surface area contributed by atoms with Crippen LogP contribution >= 0.6 is 0 Å². The molecule has 3 heterocycles. The molecule has 128 valence electrons. The minimum Gasteiger partial charge on any atom is -0.472 e. The summed E-state index contributed by atoms with van der Waals surface area (Å²) in [5.41, 5.74) is 0.463. The highest BCUT2D eigenvalue weighted by Crippen LogP contribution is 2.14. The van der Waals surface area contributed by atoms with Gasteiger partial charge in [0, 0.05) is 27.2 Å². The minimum absolute atomic E-state index is 0.213. The van der Waals surface area contributed by atoms with E-state index in [-0.39, 0.29) is 12.5 Å². The Kier molecular flexibility index (Phi) is 4.90. The number of nitrogens with zero attached hydrogens (tertiary/aromatic N) is 5. The highest BCUT2D eigenvalue weighted by molar-refractivity contribution is 5.93. The number of nitrogens with one attached hydrogen (secondary N) is 1. The van der Waals surface area contributed by atoms with Gasteiger partial charge in [0.1, 0.15) is 6.26 Å². The van der Waals surface area contributed by atoms with Crippen LogP contribution in [0.2, 0.25) is 0 Å². The molecule has 0 spiro atoms. The van der Waals surface area contributed by atoms with Gasteiger partial charge in [-0.05, 0) is 6.07 Å². The van der Waals surface area contributed by atoms with Crippen molar-refractivity contribution in [3.8, 4) is 0 Å². The number of anilines is 2. The van der Waals surface area contributed by atoms with Gasteiger partial charge in [-0.1, -0.05) is 0 Å². The van der Waals surface area contributed by atoms with E-state index in [9.17, 15) is 4.79 Å². The molecule has 0 radical (unpaired) electrons. The maximum Gasteiger partial charge on any atom is 0.254 e. The van der Waals surface area contributed by atoms with Crippen LogP contribution in [-0.2, 0) is 11.3 Å². The Morgan fingerprint density at radius 2 is 2.08 bits per heavy atom. The lowest BCUT2D eigenvalue weighted by molar-refractivity contribution is 0.0949. The number of rotatable bonds is 5. The fraction of sp³-hybridized carbons (Fsp3) is 0.467. The van der Waals surface area contributed by atoms with Crippen molar-refractivity contribution in [1.29, 1.82) is 0 Å². The zero-order valence-electron chi connectivity index (χ0n) is 13.7. The number of carbonyl (C=O) groups is 1. The van der Waals surface area contributed by atoms with Gasteiger partial charge in [0.2, 0.25) is 11.9 Å². The number of ether oxygens (including phenoxy) is 1. The molecule has 24 heavy (non-hydrogen) atoms. The Balaban J connectivity index is 1.75. The van der Waals surface area contributed by atoms with Crippen molar-refractivity contribution >= 4 is 17.8 Å². The minimum atomic E-state index is -0.233. The van der Waals surface area contributed by atoms with Crippen molar-refractivity contribution in [1.82, 2.24) is 20.3 Å². The molecule has 9 nitrogen and oxygen atoms in total. The SMILES string of the molecule is CN(C)c1nc(CNC(=O)c2ccoc2)nc(N2CCOCC2)n1. The largest absolute Gasteiger partial charge is 0.472 e. The fourth-order valence-corrected chi connectivity index (χ4v) is 2.23. The van der Waals surface area contributed by atoms with E-state index < -0.39 is 0 Å². The molecular formula is C15H20N6O3. The highest BCUT2D eigenvalue weighted by Gasteiger charge is 2.17. The van der Waals surface area contributed by atoms with Crippen LogP contribution in [0.25, 0.3) is 0 Å². The zero-order chi connectivity index (χ0) is 16.9. The number of morpholine rings is 1. The summed E-state index contributed by atoms with van der Waals surface area (Å²) in [6.07, 6.45) is 2.85. The van der Waals surface area contributed by atoms with E-state index in [1.165, 1.54) is 12.5 Å². The summed E-state index contributed by atoms with van der Waals surface area (Å²) in [5, 5.41) is 2.78. The summed E-state index contributed by atoms with van der Waals surface area (Å²) in [5.74, 6) is 1.43. The van der Waals surface area contributed by atoms with Gasteiger partial charge in [0.05, 0.1) is 31.6 Å². The Labute approximate surface area is 139 Å². The number of amides is 1. The first-order chi connectivity index (χ1) is 11.6. The third kappa shape index (κ3) is 3.80. The van der Waals surface area contributed by atoms with Crippen molar-refractivity contribution in [3.05, 3.63) is 30.0 Å². The number of aromatic nitrogens is 3. The maximum absolute atomic E-state index is 12.0. The topological polar surface area (TPSA) is 96.6 Å². The molecule has 2 aromatic rings. The molecule has 0 unspecified atom stereocenters. The van der Waals surface area contributed by atoms with Gasteiger partial charge in [-0.15, -0.1) is 0 Å². The lowest BCUT2D eigenvalue weighted by atomic mass is 10.3. The van der Waals surface area contributed by atoms with Gasteiger partial charge in [0.25, 0.3) is 5.91 Å². The molecule has 0 bridgehead atoms. The molecule has 0 saturated carbocycles. The van der Waals surface area contributed by atoms with E-state index in [2.05, 4.69) is 25.2 Å². The fourth-order valence-electron chi connectivity index (χ4n) is 2.23. The molecule has 9 heteroatoms. The normalized spacial score (nSPS) is 14.5. The predicted octanol–water partition coefficient (Wildman–Crippen LogP) is 0.297. The van der Waals surface area contributed by atoms with Gasteiger partial charge >= 0.3 is 0 Å². The average Bonchev–Trinajstić information content (AvgIpc) is 3.15. The predicted molar refractivity (Wildman–Crippen MR) is 87.1 cm³/mol. The smallest absolute Gasteiger partial charge is 0.254 e. The Morgan fingerprint density at radius 1 is 1.29 bits per heavy atom. The molecule has 1 aliphatic heterocycles. The summed E-state index contributed by atoms with van der Waals surface area (Å²) in [7, 11) is 3.73. The summed E-state index contributed by atoms with van der Waals surface area (Å²) in [6.45, 7) is 2.98. The molecule has 1 amide bonds. The first-order valence-corrected chi connectivity index (χ1v) is 7.69. The summed E-state index contributed by atoms with van der Waals surface area (Å²) in [6, 6.07) is 1.60. The third-order valence-corrected chi connectivity index (χ3v) is 3.54. The van der Waals surface area contributed by atoms with E-state index in [4.69, 9.17) is 9.15 Å². The van der Waals surface area contributed by atoms with Crippen LogP contribution in [0.3, 0.4) is 0 Å².